The molecule has 5 rings (SSSR count). The molecule has 0 spiro atoms. The van der Waals surface area contributed by atoms with Crippen molar-refractivity contribution in [3.05, 3.63) is 90.0 Å². The Balaban J connectivity index is 1.38. The SMILES string of the molecule is COc1ccccc1CC(=O)NC1C[C@H](c2cccc(F)c2)N(c2ccc3nccn3n2)C1. The van der Waals surface area contributed by atoms with Gasteiger partial charge in [-0.3, -0.25) is 4.79 Å². The highest BCUT2D eigenvalue weighted by Crippen LogP contribution is 2.35. The van der Waals surface area contributed by atoms with Crippen molar-refractivity contribution in [3.63, 3.8) is 0 Å². The number of hydrogen-bond acceptors (Lipinski definition) is 5. The van der Waals surface area contributed by atoms with Crippen molar-refractivity contribution < 1.29 is 13.9 Å². The molecule has 2 aromatic carbocycles. The van der Waals surface area contributed by atoms with Crippen LogP contribution in [-0.2, 0) is 11.2 Å². The number of nitrogens with zero attached hydrogens (tertiary/aromatic N) is 4. The van der Waals surface area contributed by atoms with Crippen molar-refractivity contribution in [2.24, 2.45) is 0 Å². The lowest BCUT2D eigenvalue weighted by Crippen LogP contribution is -2.38. The van der Waals surface area contributed by atoms with Gasteiger partial charge in [-0.1, -0.05) is 30.3 Å². The summed E-state index contributed by atoms with van der Waals surface area (Å²) in [5.41, 5.74) is 2.44. The molecular weight excluding hydrogens is 421 g/mol. The summed E-state index contributed by atoms with van der Waals surface area (Å²) in [5, 5.41) is 7.82. The van der Waals surface area contributed by atoms with E-state index in [4.69, 9.17) is 4.74 Å². The number of ether oxygens (including phenoxy) is 1. The number of anilines is 1. The van der Waals surface area contributed by atoms with Crippen LogP contribution in [0.25, 0.3) is 5.65 Å². The van der Waals surface area contributed by atoms with Gasteiger partial charge in [-0.25, -0.2) is 13.9 Å². The lowest BCUT2D eigenvalue weighted by Gasteiger charge is -2.25. The van der Waals surface area contributed by atoms with E-state index < -0.39 is 0 Å². The zero-order valence-electron chi connectivity index (χ0n) is 18.2. The number of carbonyl (C=O) groups is 1. The Morgan fingerprint density at radius 2 is 2.06 bits per heavy atom. The van der Waals surface area contributed by atoms with Crippen LogP contribution in [0.5, 0.6) is 5.75 Å². The molecular formula is C25H24FN5O2. The Morgan fingerprint density at radius 1 is 1.18 bits per heavy atom. The van der Waals surface area contributed by atoms with E-state index in [2.05, 4.69) is 20.3 Å². The van der Waals surface area contributed by atoms with Crippen molar-refractivity contribution in [2.75, 3.05) is 18.6 Å². The van der Waals surface area contributed by atoms with Gasteiger partial charge in [-0.15, -0.1) is 5.10 Å². The van der Waals surface area contributed by atoms with E-state index in [9.17, 15) is 9.18 Å². The first kappa shape index (κ1) is 20.9. The number of imidazole rings is 1. The van der Waals surface area contributed by atoms with Gasteiger partial charge in [-0.05, 0) is 42.3 Å². The zero-order valence-corrected chi connectivity index (χ0v) is 18.2. The third-order valence-electron chi connectivity index (χ3n) is 5.98. The molecule has 0 saturated carbocycles. The molecule has 1 aliphatic rings. The van der Waals surface area contributed by atoms with Gasteiger partial charge >= 0.3 is 0 Å². The van der Waals surface area contributed by atoms with Gasteiger partial charge in [0.25, 0.3) is 0 Å². The van der Waals surface area contributed by atoms with Gasteiger partial charge in [0.1, 0.15) is 17.4 Å². The topological polar surface area (TPSA) is 71.8 Å². The molecule has 1 fully saturated rings. The molecule has 1 saturated heterocycles. The largest absolute Gasteiger partial charge is 0.496 e. The van der Waals surface area contributed by atoms with Gasteiger partial charge in [0, 0.05) is 30.5 Å². The number of aromatic nitrogens is 3. The summed E-state index contributed by atoms with van der Waals surface area (Å²) >= 11 is 0. The number of hydrogen-bond donors (Lipinski definition) is 1. The van der Waals surface area contributed by atoms with Crippen molar-refractivity contribution in [3.8, 4) is 5.75 Å². The lowest BCUT2D eigenvalue weighted by atomic mass is 10.0. The van der Waals surface area contributed by atoms with Crippen LogP contribution in [0.4, 0.5) is 10.2 Å². The van der Waals surface area contributed by atoms with Crippen LogP contribution < -0.4 is 15.0 Å². The number of para-hydroxylation sites is 1. The summed E-state index contributed by atoms with van der Waals surface area (Å²) in [4.78, 5) is 19.2. The minimum absolute atomic E-state index is 0.0811. The molecule has 1 N–H and O–H groups in total. The van der Waals surface area contributed by atoms with E-state index in [1.807, 2.05) is 42.5 Å². The van der Waals surface area contributed by atoms with Gasteiger partial charge < -0.3 is 15.0 Å². The van der Waals surface area contributed by atoms with Gasteiger partial charge in [-0.2, -0.15) is 0 Å². The summed E-state index contributed by atoms with van der Waals surface area (Å²) in [6.45, 7) is 0.562. The van der Waals surface area contributed by atoms with E-state index >= 15 is 0 Å². The number of fused-ring (bicyclic) bond motifs is 1. The van der Waals surface area contributed by atoms with Crippen LogP contribution in [0.15, 0.2) is 73.1 Å². The Kier molecular flexibility index (Phi) is 5.64. The minimum atomic E-state index is -0.283. The standard InChI is InChI=1S/C25H24FN5O2/c1-33-22-8-3-2-5-18(22)14-25(32)28-20-15-21(17-6-4-7-19(26)13-17)30(16-20)24-10-9-23-27-11-12-31(23)29-24/h2-13,20-21H,14-16H2,1H3,(H,28,32)/t20?,21-/m1/s1. The van der Waals surface area contributed by atoms with E-state index in [0.29, 0.717) is 18.7 Å². The molecule has 33 heavy (non-hydrogen) atoms. The molecule has 1 aliphatic heterocycles. The van der Waals surface area contributed by atoms with Crippen molar-refractivity contribution >= 4 is 17.4 Å². The number of rotatable bonds is 6. The molecule has 2 aromatic heterocycles. The van der Waals surface area contributed by atoms with Crippen molar-refractivity contribution in [1.29, 1.82) is 0 Å². The molecule has 1 amide bonds. The highest BCUT2D eigenvalue weighted by molar-refractivity contribution is 5.79. The predicted octanol–water partition coefficient (Wildman–Crippen LogP) is 3.56. The molecule has 0 radical (unpaired) electrons. The molecule has 7 nitrogen and oxygen atoms in total. The predicted molar refractivity (Wildman–Crippen MR) is 123 cm³/mol. The molecule has 0 bridgehead atoms. The molecule has 1 unspecified atom stereocenters. The second kappa shape index (κ2) is 8.90. The van der Waals surface area contributed by atoms with Crippen molar-refractivity contribution in [2.45, 2.75) is 24.9 Å². The van der Waals surface area contributed by atoms with Crippen molar-refractivity contribution in [1.82, 2.24) is 19.9 Å². The maximum absolute atomic E-state index is 14.0. The summed E-state index contributed by atoms with van der Waals surface area (Å²) in [5.74, 6) is 1.07. The van der Waals surface area contributed by atoms with Crippen LogP contribution in [0.3, 0.4) is 0 Å². The van der Waals surface area contributed by atoms with Crippen LogP contribution in [0.2, 0.25) is 0 Å². The average Bonchev–Trinajstić information content (AvgIpc) is 3.46. The third kappa shape index (κ3) is 4.37. The first-order valence-corrected chi connectivity index (χ1v) is 10.8. The van der Waals surface area contributed by atoms with E-state index in [1.54, 1.807) is 36.2 Å². The second-order valence-corrected chi connectivity index (χ2v) is 8.13. The van der Waals surface area contributed by atoms with Gasteiger partial charge in [0.05, 0.1) is 19.6 Å². The normalized spacial score (nSPS) is 17.9. The summed E-state index contributed by atoms with van der Waals surface area (Å²) in [7, 11) is 1.60. The molecule has 4 aromatic rings. The second-order valence-electron chi connectivity index (χ2n) is 8.13. The number of benzene rings is 2. The summed E-state index contributed by atoms with van der Waals surface area (Å²) in [6, 6.07) is 17.7. The Labute approximate surface area is 190 Å². The number of carbonyl (C=O) groups excluding carboxylic acids is 1. The maximum Gasteiger partial charge on any atom is 0.224 e. The smallest absolute Gasteiger partial charge is 0.224 e. The van der Waals surface area contributed by atoms with Crippen LogP contribution in [-0.4, -0.2) is 40.2 Å². The minimum Gasteiger partial charge on any atom is -0.496 e. The fraction of sp³-hybridized carbons (Fsp3) is 0.240. The maximum atomic E-state index is 14.0. The molecule has 3 heterocycles. The average molecular weight is 445 g/mol. The van der Waals surface area contributed by atoms with Gasteiger partial charge in [0.15, 0.2) is 5.65 Å². The van der Waals surface area contributed by atoms with Crippen LogP contribution in [0, 0.1) is 5.82 Å². The monoisotopic (exact) mass is 445 g/mol. The van der Waals surface area contributed by atoms with E-state index in [-0.39, 0.29) is 30.2 Å². The number of halogens is 1. The molecule has 2 atom stereocenters. The first-order chi connectivity index (χ1) is 16.1. The lowest BCUT2D eigenvalue weighted by molar-refractivity contribution is -0.121. The molecule has 8 heteroatoms. The summed E-state index contributed by atoms with van der Waals surface area (Å²) < 4.78 is 21.1. The summed E-state index contributed by atoms with van der Waals surface area (Å²) in [6.07, 6.45) is 4.36. The number of amides is 1. The van der Waals surface area contributed by atoms with E-state index in [1.165, 1.54) is 6.07 Å². The molecule has 0 aliphatic carbocycles. The zero-order chi connectivity index (χ0) is 22.8. The number of nitrogens with one attached hydrogen (secondary N) is 1. The fourth-order valence-electron chi connectivity index (χ4n) is 4.48. The van der Waals surface area contributed by atoms with Crippen LogP contribution in [0.1, 0.15) is 23.6 Å². The number of methoxy groups -OCH3 is 1. The third-order valence-corrected chi connectivity index (χ3v) is 5.98. The molecule has 168 valence electrons. The highest BCUT2D eigenvalue weighted by Gasteiger charge is 2.35. The van der Waals surface area contributed by atoms with Gasteiger partial charge in [0.2, 0.25) is 5.91 Å². The fourth-order valence-corrected chi connectivity index (χ4v) is 4.48. The Bertz CT molecular complexity index is 1290. The van der Waals surface area contributed by atoms with E-state index in [0.717, 1.165) is 22.6 Å². The first-order valence-electron chi connectivity index (χ1n) is 10.8. The highest BCUT2D eigenvalue weighted by atomic mass is 19.1. The Morgan fingerprint density at radius 3 is 2.91 bits per heavy atom. The van der Waals surface area contributed by atoms with Crippen LogP contribution >= 0.6 is 0 Å². The Hall–Kier alpha value is -3.94. The quantitative estimate of drug-likeness (QED) is 0.491.